The molecule has 2 N–H and O–H groups in total. The summed E-state index contributed by atoms with van der Waals surface area (Å²) in [5.74, 6) is -1.33. The van der Waals surface area contributed by atoms with Crippen molar-refractivity contribution in [3.05, 3.63) is 34.9 Å². The van der Waals surface area contributed by atoms with Gasteiger partial charge in [-0.15, -0.1) is 0 Å². The van der Waals surface area contributed by atoms with Gasteiger partial charge >= 0.3 is 5.97 Å². The largest absolute Gasteiger partial charge is 0.481 e. The summed E-state index contributed by atoms with van der Waals surface area (Å²) in [6.45, 7) is 0.564. The number of carboxylic acid groups (broad SMARTS) is 1. The van der Waals surface area contributed by atoms with Gasteiger partial charge in [-0.25, -0.2) is 0 Å². The first kappa shape index (κ1) is 14.9. The molecule has 0 aromatic heterocycles. The molecule has 108 valence electrons. The topological polar surface area (TPSA) is 66.4 Å². The van der Waals surface area contributed by atoms with Gasteiger partial charge in [-0.05, 0) is 43.4 Å². The summed E-state index contributed by atoms with van der Waals surface area (Å²) in [7, 11) is 0. The molecule has 0 spiro atoms. The van der Waals surface area contributed by atoms with Crippen LogP contribution in [0, 0.1) is 11.8 Å². The van der Waals surface area contributed by atoms with Crippen LogP contribution in [0.15, 0.2) is 24.3 Å². The molecule has 1 aliphatic carbocycles. The molecule has 0 radical (unpaired) electrons. The molecular formula is C15H18ClNO3. The van der Waals surface area contributed by atoms with Crippen LogP contribution in [0.5, 0.6) is 0 Å². The maximum absolute atomic E-state index is 11.9. The number of halogens is 1. The van der Waals surface area contributed by atoms with Crippen LogP contribution >= 0.6 is 11.6 Å². The van der Waals surface area contributed by atoms with E-state index >= 15 is 0 Å². The monoisotopic (exact) mass is 295 g/mol. The first-order valence-electron chi connectivity index (χ1n) is 6.81. The summed E-state index contributed by atoms with van der Waals surface area (Å²) >= 11 is 5.80. The van der Waals surface area contributed by atoms with E-state index in [-0.39, 0.29) is 17.7 Å². The van der Waals surface area contributed by atoms with Crippen molar-refractivity contribution in [1.82, 2.24) is 5.32 Å². The third-order valence-corrected chi connectivity index (χ3v) is 4.03. The zero-order chi connectivity index (χ0) is 14.5. The fourth-order valence-electron chi connectivity index (χ4n) is 2.57. The lowest BCUT2D eigenvalue weighted by Crippen LogP contribution is -2.31. The van der Waals surface area contributed by atoms with Crippen molar-refractivity contribution < 1.29 is 14.7 Å². The molecule has 1 amide bonds. The van der Waals surface area contributed by atoms with Crippen molar-refractivity contribution in [1.29, 1.82) is 0 Å². The minimum Gasteiger partial charge on any atom is -0.481 e. The second-order valence-electron chi connectivity index (χ2n) is 5.21. The van der Waals surface area contributed by atoms with E-state index in [0.29, 0.717) is 30.8 Å². The van der Waals surface area contributed by atoms with Crippen LogP contribution < -0.4 is 5.32 Å². The molecular weight excluding hydrogens is 278 g/mol. The van der Waals surface area contributed by atoms with Crippen molar-refractivity contribution in [2.24, 2.45) is 11.8 Å². The van der Waals surface area contributed by atoms with E-state index in [1.807, 2.05) is 24.3 Å². The second-order valence-corrected chi connectivity index (χ2v) is 5.65. The highest BCUT2D eigenvalue weighted by atomic mass is 35.5. The van der Waals surface area contributed by atoms with E-state index in [4.69, 9.17) is 16.7 Å². The molecule has 0 saturated heterocycles. The number of rotatable bonds is 5. The molecule has 4 nitrogen and oxygen atoms in total. The minimum atomic E-state index is -0.790. The number of hydrogen-bond acceptors (Lipinski definition) is 2. The predicted octanol–water partition coefficient (Wildman–Crippen LogP) is 2.50. The minimum absolute atomic E-state index is 0.0253. The van der Waals surface area contributed by atoms with Crippen LogP contribution in [0.3, 0.4) is 0 Å². The first-order valence-corrected chi connectivity index (χ1v) is 7.19. The summed E-state index contributed by atoms with van der Waals surface area (Å²) in [6, 6.07) is 7.52. The molecule has 2 rings (SSSR count). The van der Waals surface area contributed by atoms with Crippen LogP contribution in [0.25, 0.3) is 0 Å². The zero-order valence-corrected chi connectivity index (χ0v) is 11.9. The number of benzene rings is 1. The number of carboxylic acids is 1. The van der Waals surface area contributed by atoms with Gasteiger partial charge in [0, 0.05) is 17.5 Å². The highest BCUT2D eigenvalue weighted by Gasteiger charge is 2.33. The summed E-state index contributed by atoms with van der Waals surface area (Å²) in [5.41, 5.74) is 1.12. The van der Waals surface area contributed by atoms with Gasteiger partial charge in [-0.3, -0.25) is 9.59 Å². The molecule has 1 saturated carbocycles. The molecule has 5 heteroatoms. The van der Waals surface area contributed by atoms with Gasteiger partial charge < -0.3 is 10.4 Å². The highest BCUT2D eigenvalue weighted by molar-refractivity contribution is 6.30. The third-order valence-electron chi connectivity index (χ3n) is 3.78. The summed E-state index contributed by atoms with van der Waals surface area (Å²) in [5, 5.41) is 12.5. The third kappa shape index (κ3) is 3.97. The Morgan fingerprint density at radius 2 is 1.85 bits per heavy atom. The van der Waals surface area contributed by atoms with E-state index in [1.165, 1.54) is 0 Å². The second kappa shape index (κ2) is 6.75. The van der Waals surface area contributed by atoms with Crippen molar-refractivity contribution >= 4 is 23.5 Å². The fraction of sp³-hybridized carbons (Fsp3) is 0.467. The highest BCUT2D eigenvalue weighted by Crippen LogP contribution is 2.31. The molecule has 0 unspecified atom stereocenters. The lowest BCUT2D eigenvalue weighted by Gasteiger charge is -2.10. The Morgan fingerprint density at radius 3 is 2.45 bits per heavy atom. The van der Waals surface area contributed by atoms with Crippen molar-refractivity contribution in [2.45, 2.75) is 25.7 Å². The molecule has 0 aliphatic heterocycles. The van der Waals surface area contributed by atoms with Crippen molar-refractivity contribution in [3.8, 4) is 0 Å². The molecule has 1 aromatic rings. The van der Waals surface area contributed by atoms with Gasteiger partial charge in [0.05, 0.1) is 5.92 Å². The number of carbonyl (C=O) groups excluding carboxylic acids is 1. The Morgan fingerprint density at radius 1 is 1.20 bits per heavy atom. The van der Waals surface area contributed by atoms with Gasteiger partial charge in [-0.1, -0.05) is 23.7 Å². The standard InChI is InChI=1S/C15H18ClNO3/c16-13-5-1-10(2-6-13)7-8-17-14(18)11-3-4-12(9-11)15(19)20/h1-2,5-6,11-12H,3-4,7-9H2,(H,17,18)(H,19,20)/t11-,12+/m0/s1. The van der Waals surface area contributed by atoms with Crippen LogP contribution in [-0.4, -0.2) is 23.5 Å². The van der Waals surface area contributed by atoms with Crippen molar-refractivity contribution in [2.75, 3.05) is 6.54 Å². The summed E-state index contributed by atoms with van der Waals surface area (Å²) < 4.78 is 0. The maximum atomic E-state index is 11.9. The number of hydrogen-bond donors (Lipinski definition) is 2. The average Bonchev–Trinajstić information content (AvgIpc) is 2.91. The number of aliphatic carboxylic acids is 1. The smallest absolute Gasteiger partial charge is 0.306 e. The number of amides is 1. The molecule has 1 fully saturated rings. The summed E-state index contributed by atoms with van der Waals surface area (Å²) in [4.78, 5) is 22.8. The maximum Gasteiger partial charge on any atom is 0.306 e. The molecule has 0 heterocycles. The first-order chi connectivity index (χ1) is 9.56. The van der Waals surface area contributed by atoms with Crippen LogP contribution in [0.1, 0.15) is 24.8 Å². The van der Waals surface area contributed by atoms with E-state index in [9.17, 15) is 9.59 Å². The van der Waals surface area contributed by atoms with Gasteiger partial charge in [0.15, 0.2) is 0 Å². The number of nitrogens with one attached hydrogen (secondary N) is 1. The Labute approximate surface area is 123 Å². The quantitative estimate of drug-likeness (QED) is 0.877. The van der Waals surface area contributed by atoms with E-state index in [2.05, 4.69) is 5.32 Å². The molecule has 0 bridgehead atoms. The molecule has 2 atom stereocenters. The molecule has 1 aliphatic rings. The van der Waals surface area contributed by atoms with E-state index < -0.39 is 5.97 Å². The Kier molecular flexibility index (Phi) is 5.01. The van der Waals surface area contributed by atoms with Crippen LogP contribution in [-0.2, 0) is 16.0 Å². The normalized spacial score (nSPS) is 21.6. The summed E-state index contributed by atoms with van der Waals surface area (Å²) in [6.07, 6.45) is 2.48. The van der Waals surface area contributed by atoms with Crippen LogP contribution in [0.4, 0.5) is 0 Å². The average molecular weight is 296 g/mol. The van der Waals surface area contributed by atoms with E-state index in [0.717, 1.165) is 12.0 Å². The van der Waals surface area contributed by atoms with Crippen molar-refractivity contribution in [3.63, 3.8) is 0 Å². The van der Waals surface area contributed by atoms with Crippen LogP contribution in [0.2, 0.25) is 5.02 Å². The zero-order valence-electron chi connectivity index (χ0n) is 11.1. The van der Waals surface area contributed by atoms with Gasteiger partial charge in [0.25, 0.3) is 0 Å². The SMILES string of the molecule is O=C(O)[C@@H]1CC[C@H](C(=O)NCCc2ccc(Cl)cc2)C1. The Hall–Kier alpha value is -1.55. The van der Waals surface area contributed by atoms with Gasteiger partial charge in [0.1, 0.15) is 0 Å². The molecule has 1 aromatic carbocycles. The Bertz CT molecular complexity index is 486. The van der Waals surface area contributed by atoms with Gasteiger partial charge in [0.2, 0.25) is 5.91 Å². The molecule has 20 heavy (non-hydrogen) atoms. The lowest BCUT2D eigenvalue weighted by molar-refractivity contribution is -0.141. The predicted molar refractivity (Wildman–Crippen MR) is 76.6 cm³/mol. The van der Waals surface area contributed by atoms with E-state index in [1.54, 1.807) is 0 Å². The van der Waals surface area contributed by atoms with Gasteiger partial charge in [-0.2, -0.15) is 0 Å². The Balaban J connectivity index is 1.73. The fourth-order valence-corrected chi connectivity index (χ4v) is 2.70. The lowest BCUT2D eigenvalue weighted by atomic mass is 10.0. The number of carbonyl (C=O) groups is 2.